The maximum Gasteiger partial charge on any atom is 0.412 e. The Kier molecular flexibility index (Phi) is 6.02. The van der Waals surface area contributed by atoms with Crippen molar-refractivity contribution >= 4 is 40.6 Å². The molecule has 0 unspecified atom stereocenters. The highest BCUT2D eigenvalue weighted by Crippen LogP contribution is 2.22. The highest BCUT2D eigenvalue weighted by Gasteiger charge is 2.18. The average molecular weight is 385 g/mol. The molecule has 0 aliphatic heterocycles. The molecular formula is C17H18ClFN2O3S. The Bertz CT molecular complexity index is 786. The minimum atomic E-state index is -0.656. The summed E-state index contributed by atoms with van der Waals surface area (Å²) in [6.07, 6.45) is -0.656. The van der Waals surface area contributed by atoms with Crippen LogP contribution in [0.4, 0.5) is 14.9 Å². The van der Waals surface area contributed by atoms with Crippen LogP contribution in [0.2, 0.25) is 4.34 Å². The maximum absolute atomic E-state index is 13.5. The number of amides is 2. The molecule has 2 rings (SSSR count). The molecule has 1 aromatic heterocycles. The van der Waals surface area contributed by atoms with Gasteiger partial charge in [0.1, 0.15) is 11.4 Å². The second-order valence-corrected chi connectivity index (χ2v) is 7.93. The van der Waals surface area contributed by atoms with Crippen LogP contribution in [-0.4, -0.2) is 17.6 Å². The lowest BCUT2D eigenvalue weighted by atomic mass is 10.1. The maximum atomic E-state index is 13.5. The van der Waals surface area contributed by atoms with Crippen molar-refractivity contribution in [1.29, 1.82) is 0 Å². The predicted octanol–water partition coefficient (Wildman–Crippen LogP) is 4.82. The molecule has 0 bridgehead atoms. The number of hydrogen-bond donors (Lipinski definition) is 2. The lowest BCUT2D eigenvalue weighted by Crippen LogP contribution is -2.28. The Morgan fingerprint density at radius 2 is 1.96 bits per heavy atom. The zero-order chi connectivity index (χ0) is 18.6. The second kappa shape index (κ2) is 7.84. The van der Waals surface area contributed by atoms with Crippen molar-refractivity contribution in [3.63, 3.8) is 0 Å². The molecule has 8 heteroatoms. The molecule has 5 nitrogen and oxygen atoms in total. The van der Waals surface area contributed by atoms with Gasteiger partial charge in [0.05, 0.1) is 9.21 Å². The van der Waals surface area contributed by atoms with Crippen LogP contribution in [0.1, 0.15) is 36.0 Å². The third-order valence-corrected chi connectivity index (χ3v) is 4.17. The fourth-order valence-corrected chi connectivity index (χ4v) is 2.90. The molecule has 2 N–H and O–H groups in total. The summed E-state index contributed by atoms with van der Waals surface area (Å²) in [7, 11) is 0. The first kappa shape index (κ1) is 19.2. The Labute approximate surface area is 154 Å². The summed E-state index contributed by atoms with van der Waals surface area (Å²) >= 11 is 6.95. The molecule has 0 aliphatic rings. The zero-order valence-electron chi connectivity index (χ0n) is 14.0. The number of nitrogens with one attached hydrogen (secondary N) is 2. The van der Waals surface area contributed by atoms with Crippen molar-refractivity contribution in [3.8, 4) is 0 Å². The summed E-state index contributed by atoms with van der Waals surface area (Å²) in [6, 6.07) is 7.11. The highest BCUT2D eigenvalue weighted by molar-refractivity contribution is 7.17. The summed E-state index contributed by atoms with van der Waals surface area (Å²) < 4.78 is 19.2. The van der Waals surface area contributed by atoms with Gasteiger partial charge in [-0.15, -0.1) is 11.3 Å². The smallest absolute Gasteiger partial charge is 0.412 e. The van der Waals surface area contributed by atoms with Gasteiger partial charge in [-0.05, 0) is 56.7 Å². The van der Waals surface area contributed by atoms with Gasteiger partial charge < -0.3 is 10.1 Å². The molecule has 134 valence electrons. The van der Waals surface area contributed by atoms with E-state index in [1.165, 1.54) is 18.2 Å². The average Bonchev–Trinajstić information content (AvgIpc) is 2.92. The molecular weight excluding hydrogens is 367 g/mol. The first-order valence-corrected chi connectivity index (χ1v) is 8.65. The van der Waals surface area contributed by atoms with E-state index in [2.05, 4.69) is 10.6 Å². The lowest BCUT2D eigenvalue weighted by Gasteiger charge is -2.20. The number of thiophene rings is 1. The Balaban J connectivity index is 2.07. The van der Waals surface area contributed by atoms with E-state index in [4.69, 9.17) is 16.3 Å². The van der Waals surface area contributed by atoms with E-state index in [0.717, 1.165) is 11.3 Å². The van der Waals surface area contributed by atoms with E-state index >= 15 is 0 Å². The van der Waals surface area contributed by atoms with Crippen molar-refractivity contribution in [1.82, 2.24) is 5.32 Å². The quantitative estimate of drug-likeness (QED) is 0.794. The summed E-state index contributed by atoms with van der Waals surface area (Å²) in [4.78, 5) is 24.4. The van der Waals surface area contributed by atoms with Crippen molar-refractivity contribution in [2.24, 2.45) is 0 Å². The fraction of sp³-hybridized carbons (Fsp3) is 0.294. The van der Waals surface area contributed by atoms with Crippen molar-refractivity contribution < 1.29 is 18.7 Å². The SMILES string of the molecule is CC(C)(C)OC(=O)Nc1ccc(F)cc1CNC(=O)c1ccc(Cl)s1. The molecule has 0 saturated heterocycles. The van der Waals surface area contributed by atoms with Gasteiger partial charge in [0.2, 0.25) is 0 Å². The minimum absolute atomic E-state index is 0.0389. The number of halogens is 2. The van der Waals surface area contributed by atoms with Gasteiger partial charge in [-0.1, -0.05) is 11.6 Å². The first-order chi connectivity index (χ1) is 11.6. The third kappa shape index (κ3) is 6.03. The molecule has 0 saturated carbocycles. The topological polar surface area (TPSA) is 67.4 Å². The van der Waals surface area contributed by atoms with Crippen LogP contribution >= 0.6 is 22.9 Å². The van der Waals surface area contributed by atoms with E-state index in [9.17, 15) is 14.0 Å². The molecule has 0 aliphatic carbocycles. The molecule has 25 heavy (non-hydrogen) atoms. The van der Waals surface area contributed by atoms with Gasteiger partial charge in [0.15, 0.2) is 0 Å². The number of benzene rings is 1. The largest absolute Gasteiger partial charge is 0.444 e. The Morgan fingerprint density at radius 1 is 1.24 bits per heavy atom. The minimum Gasteiger partial charge on any atom is -0.444 e. The summed E-state index contributed by atoms with van der Waals surface area (Å²) in [5, 5.41) is 5.24. The second-order valence-electron chi connectivity index (χ2n) is 6.21. The van der Waals surface area contributed by atoms with E-state index in [1.54, 1.807) is 32.9 Å². The molecule has 0 radical (unpaired) electrons. The number of carbonyl (C=O) groups excluding carboxylic acids is 2. The van der Waals surface area contributed by atoms with E-state index in [1.807, 2.05) is 0 Å². The van der Waals surface area contributed by atoms with Crippen LogP contribution in [0, 0.1) is 5.82 Å². The normalized spacial score (nSPS) is 11.1. The van der Waals surface area contributed by atoms with Gasteiger partial charge in [0, 0.05) is 12.2 Å². The number of carbonyl (C=O) groups is 2. The molecule has 0 fully saturated rings. The van der Waals surface area contributed by atoms with Gasteiger partial charge in [-0.2, -0.15) is 0 Å². The van der Waals surface area contributed by atoms with Crippen LogP contribution < -0.4 is 10.6 Å². The molecule has 0 spiro atoms. The van der Waals surface area contributed by atoms with Crippen LogP contribution in [0.3, 0.4) is 0 Å². The van der Waals surface area contributed by atoms with Crippen LogP contribution in [-0.2, 0) is 11.3 Å². The summed E-state index contributed by atoms with van der Waals surface area (Å²) in [5.74, 6) is -0.803. The molecule has 1 heterocycles. The van der Waals surface area contributed by atoms with Gasteiger partial charge in [0.25, 0.3) is 5.91 Å². The highest BCUT2D eigenvalue weighted by atomic mass is 35.5. The standard InChI is InChI=1S/C17H18ClFN2O3S/c1-17(2,3)24-16(23)21-12-5-4-11(19)8-10(12)9-20-15(22)13-6-7-14(18)25-13/h4-8H,9H2,1-3H3,(H,20,22)(H,21,23). The van der Waals surface area contributed by atoms with E-state index in [-0.39, 0.29) is 12.5 Å². The number of ether oxygens (including phenoxy) is 1. The Morgan fingerprint density at radius 3 is 2.56 bits per heavy atom. The van der Waals surface area contributed by atoms with Crippen molar-refractivity contribution in [3.05, 3.63) is 50.9 Å². The van der Waals surface area contributed by atoms with E-state index in [0.29, 0.717) is 20.5 Å². The monoisotopic (exact) mass is 384 g/mol. The van der Waals surface area contributed by atoms with E-state index < -0.39 is 17.5 Å². The zero-order valence-corrected chi connectivity index (χ0v) is 15.6. The van der Waals surface area contributed by atoms with Gasteiger partial charge in [-0.3, -0.25) is 10.1 Å². The molecule has 1 aromatic carbocycles. The third-order valence-electron chi connectivity index (χ3n) is 2.94. The molecule has 0 atom stereocenters. The van der Waals surface area contributed by atoms with Crippen molar-refractivity contribution in [2.45, 2.75) is 32.9 Å². The van der Waals surface area contributed by atoms with Crippen LogP contribution in [0.5, 0.6) is 0 Å². The van der Waals surface area contributed by atoms with Crippen LogP contribution in [0.15, 0.2) is 30.3 Å². The lowest BCUT2D eigenvalue weighted by molar-refractivity contribution is 0.0635. The van der Waals surface area contributed by atoms with Gasteiger partial charge >= 0.3 is 6.09 Å². The summed E-state index contributed by atoms with van der Waals surface area (Å²) in [6.45, 7) is 5.26. The summed E-state index contributed by atoms with van der Waals surface area (Å²) in [5.41, 5.74) is 0.124. The Hall–Kier alpha value is -2.12. The van der Waals surface area contributed by atoms with Crippen LogP contribution in [0.25, 0.3) is 0 Å². The van der Waals surface area contributed by atoms with Crippen molar-refractivity contribution in [2.75, 3.05) is 5.32 Å². The van der Waals surface area contributed by atoms with Gasteiger partial charge in [-0.25, -0.2) is 9.18 Å². The fourth-order valence-electron chi connectivity index (χ4n) is 1.94. The number of hydrogen-bond acceptors (Lipinski definition) is 4. The number of anilines is 1. The molecule has 2 aromatic rings. The number of rotatable bonds is 4. The molecule has 2 amide bonds. The predicted molar refractivity (Wildman–Crippen MR) is 96.8 cm³/mol. The first-order valence-electron chi connectivity index (χ1n) is 7.46.